The maximum absolute atomic E-state index is 10.2. The van der Waals surface area contributed by atoms with E-state index in [9.17, 15) is 10.2 Å². The molecule has 4 nitrogen and oxygen atoms in total. The summed E-state index contributed by atoms with van der Waals surface area (Å²) < 4.78 is 1.97. The van der Waals surface area contributed by atoms with Gasteiger partial charge in [-0.1, -0.05) is 32.9 Å². The predicted molar refractivity (Wildman–Crippen MR) is 75.9 cm³/mol. The molecule has 0 aliphatic heterocycles. The fourth-order valence-corrected chi connectivity index (χ4v) is 2.25. The lowest BCUT2D eigenvalue weighted by Gasteiger charge is -2.29. The molecule has 19 heavy (non-hydrogen) atoms. The lowest BCUT2D eigenvalue weighted by atomic mass is 9.85. The van der Waals surface area contributed by atoms with Gasteiger partial charge < -0.3 is 14.8 Å². The zero-order chi connectivity index (χ0) is 14.2. The van der Waals surface area contributed by atoms with E-state index in [2.05, 4.69) is 4.98 Å². The van der Waals surface area contributed by atoms with E-state index in [1.165, 1.54) is 0 Å². The van der Waals surface area contributed by atoms with Gasteiger partial charge in [-0.05, 0) is 17.5 Å². The molecule has 0 radical (unpaired) electrons. The van der Waals surface area contributed by atoms with Crippen LogP contribution >= 0.6 is 0 Å². The molecule has 0 bridgehead atoms. The number of aliphatic hydroxyl groups excluding tert-OH is 2. The first-order valence-electron chi connectivity index (χ1n) is 6.57. The van der Waals surface area contributed by atoms with Crippen molar-refractivity contribution in [1.29, 1.82) is 0 Å². The lowest BCUT2D eigenvalue weighted by molar-refractivity contribution is -0.0443. The van der Waals surface area contributed by atoms with Gasteiger partial charge in [-0.15, -0.1) is 0 Å². The van der Waals surface area contributed by atoms with E-state index in [1.54, 1.807) is 0 Å². The summed E-state index contributed by atoms with van der Waals surface area (Å²) in [6, 6.07) is 7.86. The molecule has 0 saturated carbocycles. The molecule has 2 N–H and O–H groups in total. The molecule has 0 amide bonds. The Labute approximate surface area is 113 Å². The molecular formula is C15H22N2O2. The Bertz CT molecular complexity index is 569. The van der Waals surface area contributed by atoms with Crippen LogP contribution in [-0.2, 0) is 13.5 Å². The Kier molecular flexibility index (Phi) is 3.65. The fourth-order valence-electron chi connectivity index (χ4n) is 2.25. The van der Waals surface area contributed by atoms with Crippen LogP contribution in [0.2, 0.25) is 0 Å². The second-order valence-electron chi connectivity index (χ2n) is 6.16. The summed E-state index contributed by atoms with van der Waals surface area (Å²) in [4.78, 5) is 4.51. The number of nitrogens with zero attached hydrogens (tertiary/aromatic N) is 2. The van der Waals surface area contributed by atoms with Gasteiger partial charge in [0.1, 0.15) is 5.82 Å². The molecule has 4 heteroatoms. The van der Waals surface area contributed by atoms with E-state index >= 15 is 0 Å². The highest BCUT2D eigenvalue weighted by molar-refractivity contribution is 5.75. The summed E-state index contributed by atoms with van der Waals surface area (Å²) in [6.45, 7) is 5.74. The van der Waals surface area contributed by atoms with Gasteiger partial charge in [0, 0.05) is 13.5 Å². The topological polar surface area (TPSA) is 58.3 Å². The Morgan fingerprint density at radius 3 is 2.42 bits per heavy atom. The first kappa shape index (κ1) is 14.0. The van der Waals surface area contributed by atoms with Crippen molar-refractivity contribution in [3.63, 3.8) is 0 Å². The molecule has 0 fully saturated rings. The Morgan fingerprint density at radius 2 is 1.84 bits per heavy atom. The molecular weight excluding hydrogens is 240 g/mol. The molecule has 0 aliphatic rings. The van der Waals surface area contributed by atoms with Gasteiger partial charge in [0.15, 0.2) is 0 Å². The van der Waals surface area contributed by atoms with Crippen LogP contribution in [0.1, 0.15) is 26.6 Å². The van der Waals surface area contributed by atoms with Gasteiger partial charge in [0.05, 0.1) is 23.2 Å². The summed E-state index contributed by atoms with van der Waals surface area (Å²) in [5.74, 6) is 0.789. The normalized spacial score (nSPS) is 15.7. The standard InChI is InChI=1S/C15H22N2O2/c1-15(2,3)14(19)12(18)9-13-16-10-7-5-6-8-11(10)17(13)4/h5-8,12,14,18-19H,9H2,1-4H3. The third-order valence-electron chi connectivity index (χ3n) is 3.52. The average Bonchev–Trinajstić information content (AvgIpc) is 2.65. The molecule has 1 heterocycles. The van der Waals surface area contributed by atoms with Crippen molar-refractivity contribution in [3.8, 4) is 0 Å². The zero-order valence-electron chi connectivity index (χ0n) is 12.0. The number of benzene rings is 1. The molecule has 1 aromatic carbocycles. The number of hydrogen-bond donors (Lipinski definition) is 2. The second-order valence-corrected chi connectivity index (χ2v) is 6.16. The second kappa shape index (κ2) is 4.94. The lowest BCUT2D eigenvalue weighted by Crippen LogP contribution is -2.39. The van der Waals surface area contributed by atoms with Crippen molar-refractivity contribution in [2.24, 2.45) is 12.5 Å². The van der Waals surface area contributed by atoms with Gasteiger partial charge in [-0.3, -0.25) is 0 Å². The summed E-state index contributed by atoms with van der Waals surface area (Å²) in [5, 5.41) is 20.2. The van der Waals surface area contributed by atoms with E-state index in [0.717, 1.165) is 16.9 Å². The number of aryl methyl sites for hydroxylation is 1. The number of fused-ring (bicyclic) bond motifs is 1. The van der Waals surface area contributed by atoms with Gasteiger partial charge in [-0.2, -0.15) is 0 Å². The van der Waals surface area contributed by atoms with Crippen LogP contribution in [0.15, 0.2) is 24.3 Å². The smallest absolute Gasteiger partial charge is 0.112 e. The van der Waals surface area contributed by atoms with Crippen molar-refractivity contribution in [2.75, 3.05) is 0 Å². The minimum Gasteiger partial charge on any atom is -0.390 e. The van der Waals surface area contributed by atoms with Gasteiger partial charge in [0.25, 0.3) is 0 Å². The van der Waals surface area contributed by atoms with Crippen LogP contribution in [0.5, 0.6) is 0 Å². The molecule has 2 unspecified atom stereocenters. The highest BCUT2D eigenvalue weighted by Gasteiger charge is 2.30. The van der Waals surface area contributed by atoms with Crippen molar-refractivity contribution in [3.05, 3.63) is 30.1 Å². The monoisotopic (exact) mass is 262 g/mol. The van der Waals surface area contributed by atoms with Gasteiger partial charge >= 0.3 is 0 Å². The molecule has 2 rings (SSSR count). The first-order valence-corrected chi connectivity index (χ1v) is 6.57. The number of aromatic nitrogens is 2. The van der Waals surface area contributed by atoms with Crippen molar-refractivity contribution < 1.29 is 10.2 Å². The molecule has 0 saturated heterocycles. The molecule has 0 spiro atoms. The van der Waals surface area contributed by atoms with E-state index in [1.807, 2.05) is 56.7 Å². The van der Waals surface area contributed by atoms with Gasteiger partial charge in [-0.25, -0.2) is 4.98 Å². The van der Waals surface area contributed by atoms with Crippen LogP contribution in [0.4, 0.5) is 0 Å². The molecule has 2 atom stereocenters. The summed E-state index contributed by atoms with van der Waals surface area (Å²) in [5.41, 5.74) is 1.61. The number of hydrogen-bond acceptors (Lipinski definition) is 3. The Morgan fingerprint density at radius 1 is 1.21 bits per heavy atom. The zero-order valence-corrected chi connectivity index (χ0v) is 12.0. The fraction of sp³-hybridized carbons (Fsp3) is 0.533. The maximum Gasteiger partial charge on any atom is 0.112 e. The highest BCUT2D eigenvalue weighted by atomic mass is 16.3. The predicted octanol–water partition coefficient (Wildman–Crippen LogP) is 1.88. The number of rotatable bonds is 3. The third kappa shape index (κ3) is 2.80. The maximum atomic E-state index is 10.2. The van der Waals surface area contributed by atoms with Crippen LogP contribution in [-0.4, -0.2) is 32.0 Å². The summed E-state index contributed by atoms with van der Waals surface area (Å²) in [6.07, 6.45) is -1.23. The van der Waals surface area contributed by atoms with E-state index in [-0.39, 0.29) is 5.41 Å². The molecule has 104 valence electrons. The summed E-state index contributed by atoms with van der Waals surface area (Å²) in [7, 11) is 1.93. The largest absolute Gasteiger partial charge is 0.390 e. The van der Waals surface area contributed by atoms with Crippen LogP contribution in [0, 0.1) is 5.41 Å². The minimum atomic E-state index is -0.810. The van der Waals surface area contributed by atoms with E-state index in [4.69, 9.17) is 0 Å². The molecule has 1 aromatic heterocycles. The van der Waals surface area contributed by atoms with Crippen LogP contribution < -0.4 is 0 Å². The quantitative estimate of drug-likeness (QED) is 0.888. The van der Waals surface area contributed by atoms with Gasteiger partial charge in [0.2, 0.25) is 0 Å². The Balaban J connectivity index is 2.24. The molecule has 2 aromatic rings. The van der Waals surface area contributed by atoms with Crippen molar-refractivity contribution >= 4 is 11.0 Å². The first-order chi connectivity index (χ1) is 8.80. The number of aliphatic hydroxyl groups is 2. The number of para-hydroxylation sites is 2. The third-order valence-corrected chi connectivity index (χ3v) is 3.52. The van der Waals surface area contributed by atoms with Crippen molar-refractivity contribution in [2.45, 2.75) is 39.4 Å². The average molecular weight is 262 g/mol. The van der Waals surface area contributed by atoms with Crippen LogP contribution in [0.25, 0.3) is 11.0 Å². The minimum absolute atomic E-state index is 0.343. The van der Waals surface area contributed by atoms with Crippen molar-refractivity contribution in [1.82, 2.24) is 9.55 Å². The van der Waals surface area contributed by atoms with E-state index < -0.39 is 12.2 Å². The SMILES string of the molecule is Cn1c(CC(O)C(O)C(C)(C)C)nc2ccccc21. The summed E-state index contributed by atoms with van der Waals surface area (Å²) >= 11 is 0. The number of imidazole rings is 1. The molecule has 0 aliphatic carbocycles. The van der Waals surface area contributed by atoms with Crippen LogP contribution in [0.3, 0.4) is 0 Å². The highest BCUT2D eigenvalue weighted by Crippen LogP contribution is 2.24. The Hall–Kier alpha value is -1.39. The van der Waals surface area contributed by atoms with E-state index in [0.29, 0.717) is 6.42 Å².